The number of aryl methyl sites for hydroxylation is 2. The van der Waals surface area contributed by atoms with E-state index in [9.17, 15) is 4.79 Å². The molecule has 1 aromatic carbocycles. The Kier molecular flexibility index (Phi) is 7.54. The average Bonchev–Trinajstić information content (AvgIpc) is 3.58. The van der Waals surface area contributed by atoms with Gasteiger partial charge in [-0.15, -0.1) is 10.2 Å². The zero-order chi connectivity index (χ0) is 24.7. The number of carbonyl (C=O) groups is 1. The molecular formula is C27H32N8O. The topological polar surface area (TPSA) is 115 Å². The fourth-order valence-electron chi connectivity index (χ4n) is 4.86. The van der Waals surface area contributed by atoms with Crippen molar-refractivity contribution in [3.8, 4) is 22.6 Å². The van der Waals surface area contributed by atoms with Crippen molar-refractivity contribution >= 4 is 5.78 Å². The molecule has 4 aromatic rings. The number of hydrogen-bond acceptors (Lipinski definition) is 7. The number of unbranched alkanes of at least 4 members (excludes halogenated alkanes) is 1. The van der Waals surface area contributed by atoms with Crippen LogP contribution >= 0.6 is 0 Å². The first-order chi connectivity index (χ1) is 17.7. The Hall–Kier alpha value is -3.75. The van der Waals surface area contributed by atoms with E-state index in [0.29, 0.717) is 18.0 Å². The number of benzene rings is 1. The molecule has 0 amide bonds. The molecule has 9 heteroatoms. The van der Waals surface area contributed by atoms with Gasteiger partial charge in [0.05, 0.1) is 5.69 Å². The van der Waals surface area contributed by atoms with Crippen molar-refractivity contribution in [3.05, 3.63) is 59.8 Å². The maximum absolute atomic E-state index is 12.2. The predicted octanol–water partition coefficient (Wildman–Crippen LogP) is 4.60. The van der Waals surface area contributed by atoms with Crippen LogP contribution in [0.5, 0.6) is 0 Å². The molecule has 0 bridgehead atoms. The molecule has 9 nitrogen and oxygen atoms in total. The van der Waals surface area contributed by atoms with Gasteiger partial charge in [-0.3, -0.25) is 9.78 Å². The molecule has 1 N–H and O–H groups in total. The molecule has 0 saturated heterocycles. The van der Waals surface area contributed by atoms with Gasteiger partial charge in [0.2, 0.25) is 5.82 Å². The largest absolute Gasteiger partial charge is 0.299 e. The first-order valence-corrected chi connectivity index (χ1v) is 12.9. The van der Waals surface area contributed by atoms with Crippen molar-refractivity contribution in [1.29, 1.82) is 0 Å². The Morgan fingerprint density at radius 3 is 2.75 bits per heavy atom. The summed E-state index contributed by atoms with van der Waals surface area (Å²) in [6.07, 6.45) is 10.3. The highest BCUT2D eigenvalue weighted by Crippen LogP contribution is 2.28. The van der Waals surface area contributed by atoms with Crippen molar-refractivity contribution in [1.82, 2.24) is 40.4 Å². The van der Waals surface area contributed by atoms with Gasteiger partial charge in [-0.2, -0.15) is 10.3 Å². The highest BCUT2D eigenvalue weighted by atomic mass is 16.1. The predicted molar refractivity (Wildman–Crippen MR) is 136 cm³/mol. The number of aromatic amines is 1. The summed E-state index contributed by atoms with van der Waals surface area (Å²) in [4.78, 5) is 21.8. The minimum absolute atomic E-state index is 0.178. The molecule has 0 spiro atoms. The fourth-order valence-corrected chi connectivity index (χ4v) is 4.86. The van der Waals surface area contributed by atoms with Gasteiger partial charge in [-0.1, -0.05) is 50.1 Å². The number of tetrazole rings is 1. The summed E-state index contributed by atoms with van der Waals surface area (Å²) in [5.74, 6) is 2.94. The van der Waals surface area contributed by atoms with E-state index >= 15 is 0 Å². The minimum atomic E-state index is 0.178. The number of nitrogens with zero attached hydrogens (tertiary/aromatic N) is 7. The second-order valence-electron chi connectivity index (χ2n) is 9.48. The quantitative estimate of drug-likeness (QED) is 0.350. The van der Waals surface area contributed by atoms with Gasteiger partial charge in [0.15, 0.2) is 5.82 Å². The Morgan fingerprint density at radius 1 is 1.11 bits per heavy atom. The van der Waals surface area contributed by atoms with Gasteiger partial charge in [0.1, 0.15) is 11.6 Å². The molecule has 0 radical (unpaired) electrons. The molecule has 1 aliphatic carbocycles. The van der Waals surface area contributed by atoms with E-state index in [2.05, 4.69) is 33.6 Å². The number of carbonyl (C=O) groups excluding carboxylic acids is 1. The first-order valence-electron chi connectivity index (χ1n) is 12.9. The Morgan fingerprint density at radius 2 is 2.00 bits per heavy atom. The van der Waals surface area contributed by atoms with Crippen LogP contribution in [0.2, 0.25) is 0 Å². The molecule has 3 aromatic heterocycles. The zero-order valence-corrected chi connectivity index (χ0v) is 20.7. The van der Waals surface area contributed by atoms with Crippen LogP contribution in [0.3, 0.4) is 0 Å². The highest BCUT2D eigenvalue weighted by Gasteiger charge is 2.23. The summed E-state index contributed by atoms with van der Waals surface area (Å²) in [7, 11) is 0. The molecule has 0 aliphatic heterocycles. The number of rotatable bonds is 10. The number of pyridine rings is 1. The lowest BCUT2D eigenvalue weighted by Gasteiger charge is -2.19. The van der Waals surface area contributed by atoms with E-state index in [1.807, 2.05) is 41.2 Å². The maximum Gasteiger partial charge on any atom is 0.205 e. The van der Waals surface area contributed by atoms with Crippen molar-refractivity contribution in [2.75, 3.05) is 0 Å². The molecule has 1 aliphatic rings. The Bertz CT molecular complexity index is 1280. The van der Waals surface area contributed by atoms with Gasteiger partial charge in [0.25, 0.3) is 0 Å². The summed E-state index contributed by atoms with van der Waals surface area (Å²) in [6, 6.07) is 12.0. The number of aromatic nitrogens is 8. The van der Waals surface area contributed by atoms with Crippen LogP contribution in [-0.2, 0) is 24.2 Å². The first kappa shape index (κ1) is 24.0. The van der Waals surface area contributed by atoms with Crippen LogP contribution in [0.1, 0.15) is 69.1 Å². The summed E-state index contributed by atoms with van der Waals surface area (Å²) in [6.45, 7) is 3.03. The van der Waals surface area contributed by atoms with Gasteiger partial charge < -0.3 is 0 Å². The zero-order valence-electron chi connectivity index (χ0n) is 20.7. The molecule has 1 fully saturated rings. The molecule has 1 unspecified atom stereocenters. The van der Waals surface area contributed by atoms with Crippen molar-refractivity contribution < 1.29 is 4.79 Å². The van der Waals surface area contributed by atoms with Crippen molar-refractivity contribution in [3.63, 3.8) is 0 Å². The molecule has 3 heterocycles. The molecule has 36 heavy (non-hydrogen) atoms. The van der Waals surface area contributed by atoms with Crippen molar-refractivity contribution in [2.45, 2.75) is 71.3 Å². The number of Topliss-reactive ketones (excluding diaryl/α,β-unsaturated/α-hetero) is 1. The summed E-state index contributed by atoms with van der Waals surface area (Å²) >= 11 is 0. The third kappa shape index (κ3) is 5.56. The van der Waals surface area contributed by atoms with E-state index < -0.39 is 0 Å². The third-order valence-electron chi connectivity index (χ3n) is 6.89. The number of nitrogens with one attached hydrogen (secondary N) is 1. The second-order valence-corrected chi connectivity index (χ2v) is 9.48. The molecule has 1 atom stereocenters. The van der Waals surface area contributed by atoms with Crippen LogP contribution in [0.15, 0.2) is 42.6 Å². The minimum Gasteiger partial charge on any atom is -0.299 e. The monoisotopic (exact) mass is 484 g/mol. The maximum atomic E-state index is 12.2. The van der Waals surface area contributed by atoms with E-state index in [1.165, 1.54) is 0 Å². The Balaban J connectivity index is 1.31. The second kappa shape index (κ2) is 11.3. The summed E-state index contributed by atoms with van der Waals surface area (Å²) < 4.78 is 2.04. The molecule has 186 valence electrons. The Labute approximate surface area is 210 Å². The van der Waals surface area contributed by atoms with Gasteiger partial charge in [-0.25, -0.2) is 9.67 Å². The fraction of sp³-hybridized carbons (Fsp3) is 0.444. The standard InChI is InChI=1S/C27H32N8O/c1-2-3-16-35-26(29-25(32-35)15-13-20-8-4-7-11-24(20)36)17-19-12-14-23(28-18-19)21-9-5-6-10-22(21)27-30-33-34-31-27/h5-6,9-10,12,14,18,20H,2-4,7-8,11,13,15-17H2,1H3,(H,30,31,33,34). The third-order valence-corrected chi connectivity index (χ3v) is 6.89. The van der Waals surface area contributed by atoms with Crippen LogP contribution in [0, 0.1) is 5.92 Å². The SMILES string of the molecule is CCCCn1nc(CCC2CCCCC2=O)nc1Cc1ccc(-c2ccccc2-c2nn[nH]n2)nc1. The highest BCUT2D eigenvalue weighted by molar-refractivity contribution is 5.81. The number of hydrogen-bond donors (Lipinski definition) is 1. The summed E-state index contributed by atoms with van der Waals surface area (Å²) in [5.41, 5.74) is 3.77. The van der Waals surface area contributed by atoms with Gasteiger partial charge >= 0.3 is 0 Å². The normalized spacial score (nSPS) is 15.9. The van der Waals surface area contributed by atoms with E-state index in [-0.39, 0.29) is 5.92 Å². The van der Waals surface area contributed by atoms with E-state index in [4.69, 9.17) is 15.1 Å². The number of ketones is 1. The van der Waals surface area contributed by atoms with Crippen LogP contribution in [-0.4, -0.2) is 46.2 Å². The lowest BCUT2D eigenvalue weighted by atomic mass is 9.85. The average molecular weight is 485 g/mol. The molecule has 1 saturated carbocycles. The van der Waals surface area contributed by atoms with E-state index in [0.717, 1.165) is 91.9 Å². The van der Waals surface area contributed by atoms with Crippen LogP contribution in [0.4, 0.5) is 0 Å². The van der Waals surface area contributed by atoms with Crippen LogP contribution in [0.25, 0.3) is 22.6 Å². The molecule has 5 rings (SSSR count). The van der Waals surface area contributed by atoms with Crippen molar-refractivity contribution in [2.24, 2.45) is 5.92 Å². The lowest BCUT2D eigenvalue weighted by molar-refractivity contribution is -0.124. The smallest absolute Gasteiger partial charge is 0.205 e. The molecular weight excluding hydrogens is 452 g/mol. The van der Waals surface area contributed by atoms with E-state index in [1.54, 1.807) is 0 Å². The number of H-pyrrole nitrogens is 1. The lowest BCUT2D eigenvalue weighted by Crippen LogP contribution is -2.19. The van der Waals surface area contributed by atoms with Crippen LogP contribution < -0.4 is 0 Å². The van der Waals surface area contributed by atoms with Gasteiger partial charge in [0, 0.05) is 49.0 Å². The summed E-state index contributed by atoms with van der Waals surface area (Å²) in [5, 5.41) is 19.2. The van der Waals surface area contributed by atoms with Gasteiger partial charge in [-0.05, 0) is 42.5 Å².